The van der Waals surface area contributed by atoms with Gasteiger partial charge in [-0.15, -0.1) is 0 Å². The van der Waals surface area contributed by atoms with E-state index in [1.807, 2.05) is 0 Å². The maximum atomic E-state index is 13.8. The number of nitrogens with zero attached hydrogens (tertiary/aromatic N) is 1. The molecule has 20 heavy (non-hydrogen) atoms. The molecule has 0 saturated carbocycles. The number of carbonyl (C=O) groups excluding carboxylic acids is 1. The average molecular weight is 273 g/mol. The minimum absolute atomic E-state index is 0.0638. The number of benzene rings is 1. The highest BCUT2D eigenvalue weighted by atomic mass is 19.1. The van der Waals surface area contributed by atoms with Crippen LogP contribution in [0.15, 0.2) is 28.9 Å². The molecule has 0 fully saturated rings. The van der Waals surface area contributed by atoms with E-state index < -0.39 is 11.7 Å². The number of hydrogen-bond donors (Lipinski definition) is 2. The maximum Gasteiger partial charge on any atom is 0.260 e. The first-order valence-corrected chi connectivity index (χ1v) is 5.83. The van der Waals surface area contributed by atoms with Crippen LogP contribution < -0.4 is 11.1 Å². The summed E-state index contributed by atoms with van der Waals surface area (Å²) in [5.41, 5.74) is 6.06. The number of amides is 1. The van der Waals surface area contributed by atoms with Crippen LogP contribution in [0.1, 0.15) is 21.7 Å². The highest BCUT2D eigenvalue weighted by Crippen LogP contribution is 2.17. The van der Waals surface area contributed by atoms with Gasteiger partial charge in [-0.3, -0.25) is 4.79 Å². The van der Waals surface area contributed by atoms with Crippen LogP contribution in [0.25, 0.3) is 0 Å². The van der Waals surface area contributed by atoms with Gasteiger partial charge in [-0.1, -0.05) is 17.0 Å². The number of nitrogens with one attached hydrogen (secondary N) is 1. The molecule has 2 rings (SSSR count). The van der Waals surface area contributed by atoms with Crippen molar-refractivity contribution in [2.24, 2.45) is 5.73 Å². The molecule has 0 saturated heterocycles. The molecule has 0 radical (unpaired) electrons. The van der Waals surface area contributed by atoms with Gasteiger partial charge in [-0.2, -0.15) is 0 Å². The molecule has 0 aliphatic carbocycles. The largest absolute Gasteiger partial charge is 0.361 e. The molecule has 6 heteroatoms. The topological polar surface area (TPSA) is 81.2 Å². The van der Waals surface area contributed by atoms with Crippen molar-refractivity contribution in [2.45, 2.75) is 6.92 Å². The van der Waals surface area contributed by atoms with E-state index in [-0.39, 0.29) is 17.8 Å². The second kappa shape index (κ2) is 5.99. The molecule has 102 valence electrons. The number of hydrogen-bond acceptors (Lipinski definition) is 4. The van der Waals surface area contributed by atoms with E-state index in [9.17, 15) is 9.18 Å². The van der Waals surface area contributed by atoms with E-state index in [0.717, 1.165) is 0 Å². The third kappa shape index (κ3) is 3.02. The molecular weight excluding hydrogens is 261 g/mol. The zero-order chi connectivity index (χ0) is 14.5. The minimum Gasteiger partial charge on any atom is -0.361 e. The van der Waals surface area contributed by atoms with Crippen molar-refractivity contribution in [3.05, 3.63) is 47.1 Å². The summed E-state index contributed by atoms with van der Waals surface area (Å²) in [5.74, 6) is 4.65. The maximum absolute atomic E-state index is 13.8. The van der Waals surface area contributed by atoms with Gasteiger partial charge in [-0.05, 0) is 25.1 Å². The van der Waals surface area contributed by atoms with Crippen molar-refractivity contribution in [3.63, 3.8) is 0 Å². The van der Waals surface area contributed by atoms with Gasteiger partial charge in [-0.25, -0.2) is 4.39 Å². The summed E-state index contributed by atoms with van der Waals surface area (Å²) in [6.45, 7) is 1.80. The molecule has 1 aromatic carbocycles. The van der Waals surface area contributed by atoms with Crippen molar-refractivity contribution in [1.29, 1.82) is 0 Å². The third-order valence-corrected chi connectivity index (χ3v) is 2.55. The molecule has 0 aliphatic rings. The fourth-order valence-electron chi connectivity index (χ4n) is 1.55. The number of rotatable bonds is 2. The summed E-state index contributed by atoms with van der Waals surface area (Å²) in [6.07, 6.45) is 1.28. The van der Waals surface area contributed by atoms with Crippen LogP contribution in [-0.2, 0) is 0 Å². The smallest absolute Gasteiger partial charge is 0.260 e. The van der Waals surface area contributed by atoms with E-state index >= 15 is 0 Å². The number of carbonyl (C=O) groups is 1. The lowest BCUT2D eigenvalue weighted by Crippen LogP contribution is -2.13. The predicted octanol–water partition coefficient (Wildman–Crippen LogP) is 1.68. The fraction of sp³-hybridized carbons (Fsp3) is 0.143. The van der Waals surface area contributed by atoms with Crippen molar-refractivity contribution in [3.8, 4) is 11.8 Å². The highest BCUT2D eigenvalue weighted by molar-refractivity contribution is 6.04. The molecular formula is C14H12FN3O2. The van der Waals surface area contributed by atoms with Gasteiger partial charge in [0, 0.05) is 5.56 Å². The Morgan fingerprint density at radius 2 is 2.35 bits per heavy atom. The lowest BCUT2D eigenvalue weighted by molar-refractivity contribution is 0.102. The second-order valence-electron chi connectivity index (χ2n) is 3.95. The summed E-state index contributed by atoms with van der Waals surface area (Å²) in [4.78, 5) is 11.9. The number of anilines is 1. The first-order valence-electron chi connectivity index (χ1n) is 5.83. The number of aryl methyl sites for hydroxylation is 1. The summed E-state index contributed by atoms with van der Waals surface area (Å²) >= 11 is 0. The van der Waals surface area contributed by atoms with Crippen molar-refractivity contribution in [1.82, 2.24) is 5.16 Å². The first-order chi connectivity index (χ1) is 9.61. The van der Waals surface area contributed by atoms with Crippen LogP contribution >= 0.6 is 0 Å². The molecule has 0 spiro atoms. The Balaban J connectivity index is 2.18. The highest BCUT2D eigenvalue weighted by Gasteiger charge is 2.14. The second-order valence-corrected chi connectivity index (χ2v) is 3.95. The molecule has 1 aromatic heterocycles. The SMILES string of the molecule is Cc1oncc1C(=O)Nc1ccc(C#CCN)cc1F. The Hall–Kier alpha value is -2.65. The zero-order valence-electron chi connectivity index (χ0n) is 10.7. The van der Waals surface area contributed by atoms with E-state index in [4.69, 9.17) is 10.3 Å². The summed E-state index contributed by atoms with van der Waals surface area (Å²) in [6, 6.07) is 4.27. The third-order valence-electron chi connectivity index (χ3n) is 2.55. The van der Waals surface area contributed by atoms with Crippen LogP contribution in [0.4, 0.5) is 10.1 Å². The van der Waals surface area contributed by atoms with E-state index in [0.29, 0.717) is 11.3 Å². The minimum atomic E-state index is -0.573. The first kappa shape index (κ1) is 13.8. The van der Waals surface area contributed by atoms with Gasteiger partial charge in [0.2, 0.25) is 0 Å². The van der Waals surface area contributed by atoms with Gasteiger partial charge >= 0.3 is 0 Å². The molecule has 1 amide bonds. The van der Waals surface area contributed by atoms with Gasteiger partial charge in [0.25, 0.3) is 5.91 Å². The average Bonchev–Trinajstić information content (AvgIpc) is 2.85. The summed E-state index contributed by atoms with van der Waals surface area (Å²) in [7, 11) is 0. The molecule has 0 bridgehead atoms. The Kier molecular flexibility index (Phi) is 4.13. The molecule has 1 heterocycles. The Labute approximate surface area is 114 Å². The fourth-order valence-corrected chi connectivity index (χ4v) is 1.55. The standard InChI is InChI=1S/C14H12FN3O2/c1-9-11(8-17-20-9)14(19)18-13-5-4-10(3-2-6-16)7-12(13)15/h4-5,7-8H,6,16H2,1H3,(H,18,19). The van der Waals surface area contributed by atoms with Crippen LogP contribution in [-0.4, -0.2) is 17.6 Å². The molecule has 3 N–H and O–H groups in total. The zero-order valence-corrected chi connectivity index (χ0v) is 10.7. The Bertz CT molecular complexity index is 698. The quantitative estimate of drug-likeness (QED) is 0.816. The normalized spacial score (nSPS) is 9.75. The monoisotopic (exact) mass is 273 g/mol. The number of aromatic nitrogens is 1. The van der Waals surface area contributed by atoms with Crippen molar-refractivity contribution in [2.75, 3.05) is 11.9 Å². The number of nitrogens with two attached hydrogens (primary N) is 1. The van der Waals surface area contributed by atoms with E-state index in [1.54, 1.807) is 13.0 Å². The molecule has 0 atom stereocenters. The van der Waals surface area contributed by atoms with E-state index in [1.165, 1.54) is 18.3 Å². The number of halogens is 1. The molecule has 0 unspecified atom stereocenters. The predicted molar refractivity (Wildman–Crippen MR) is 71.5 cm³/mol. The summed E-state index contributed by atoms with van der Waals surface area (Å²) in [5, 5.41) is 5.94. The van der Waals surface area contributed by atoms with Gasteiger partial charge in [0.1, 0.15) is 17.1 Å². The lowest BCUT2D eigenvalue weighted by atomic mass is 10.2. The molecule has 2 aromatic rings. The van der Waals surface area contributed by atoms with Crippen LogP contribution in [0.2, 0.25) is 0 Å². The van der Waals surface area contributed by atoms with Gasteiger partial charge in [0.05, 0.1) is 18.4 Å². The van der Waals surface area contributed by atoms with Crippen LogP contribution in [0, 0.1) is 24.6 Å². The molecule has 0 aliphatic heterocycles. The van der Waals surface area contributed by atoms with E-state index in [2.05, 4.69) is 22.3 Å². The Morgan fingerprint density at radius 1 is 1.55 bits per heavy atom. The molecule has 5 nitrogen and oxygen atoms in total. The van der Waals surface area contributed by atoms with Crippen molar-refractivity contribution >= 4 is 11.6 Å². The summed E-state index contributed by atoms with van der Waals surface area (Å²) < 4.78 is 18.6. The van der Waals surface area contributed by atoms with Crippen LogP contribution in [0.5, 0.6) is 0 Å². The Morgan fingerprint density at radius 3 is 2.95 bits per heavy atom. The van der Waals surface area contributed by atoms with Gasteiger partial charge < -0.3 is 15.6 Å². The van der Waals surface area contributed by atoms with Gasteiger partial charge in [0.15, 0.2) is 0 Å². The van der Waals surface area contributed by atoms with Crippen molar-refractivity contribution < 1.29 is 13.7 Å². The lowest BCUT2D eigenvalue weighted by Gasteiger charge is -2.05. The van der Waals surface area contributed by atoms with Crippen LogP contribution in [0.3, 0.4) is 0 Å².